The molecule has 0 saturated carbocycles. The summed E-state index contributed by atoms with van der Waals surface area (Å²) in [4.78, 5) is 20.2. The lowest BCUT2D eigenvalue weighted by Gasteiger charge is -2.22. The highest BCUT2D eigenvalue weighted by atomic mass is 35.5. The Morgan fingerprint density at radius 1 is 1.25 bits per heavy atom. The van der Waals surface area contributed by atoms with Crippen molar-refractivity contribution < 1.29 is 22.3 Å². The molecule has 0 radical (unpaired) electrons. The minimum absolute atomic E-state index is 0.00253. The van der Waals surface area contributed by atoms with Crippen molar-refractivity contribution in [2.24, 2.45) is 10.2 Å². The number of para-hydroxylation sites is 1. The van der Waals surface area contributed by atoms with E-state index in [4.69, 9.17) is 21.9 Å². The van der Waals surface area contributed by atoms with Crippen molar-refractivity contribution >= 4 is 60.5 Å². The van der Waals surface area contributed by atoms with E-state index in [0.29, 0.717) is 21.9 Å². The number of aromatic amines is 1. The number of hydrogen-bond donors (Lipinski definition) is 2. The molecule has 1 unspecified atom stereocenters. The Hall–Kier alpha value is -4.56. The molecule has 6 aromatic rings. The lowest BCUT2D eigenvalue weighted by atomic mass is 10.0. The van der Waals surface area contributed by atoms with Crippen molar-refractivity contribution in [1.29, 1.82) is 0 Å². The van der Waals surface area contributed by atoms with Crippen molar-refractivity contribution in [1.82, 2.24) is 18.9 Å². The number of rotatable bonds is 8. The minimum Gasteiger partial charge on any atom is -0.857 e. The number of benzene rings is 2. The van der Waals surface area contributed by atoms with Crippen LogP contribution in [0.25, 0.3) is 43.9 Å². The molecule has 4 aromatic heterocycles. The molecular formula is C30H25ClFN6O5S-. The first-order valence-corrected chi connectivity index (χ1v) is 15.3. The minimum atomic E-state index is -4.68. The smallest absolute Gasteiger partial charge is 0.334 e. The molecule has 0 spiro atoms. The Kier molecular flexibility index (Phi) is 7.49. The van der Waals surface area contributed by atoms with Gasteiger partial charge in [-0.25, -0.2) is 9.37 Å². The third kappa shape index (κ3) is 4.93. The van der Waals surface area contributed by atoms with Crippen LogP contribution in [0, 0.1) is 5.82 Å². The van der Waals surface area contributed by atoms with Gasteiger partial charge in [-0.1, -0.05) is 36.7 Å². The van der Waals surface area contributed by atoms with E-state index in [1.807, 2.05) is 18.2 Å². The molecule has 0 saturated heterocycles. The molecule has 0 bridgehead atoms. The highest BCUT2D eigenvalue weighted by Crippen LogP contribution is 2.40. The van der Waals surface area contributed by atoms with Crippen molar-refractivity contribution in [3.05, 3.63) is 99.6 Å². The predicted octanol–water partition coefficient (Wildman–Crippen LogP) is 4.46. The summed E-state index contributed by atoms with van der Waals surface area (Å²) in [5.41, 5.74) is 0.361. The molecule has 0 aliphatic carbocycles. The number of halogens is 2. The van der Waals surface area contributed by atoms with Gasteiger partial charge in [0.15, 0.2) is 0 Å². The zero-order chi connectivity index (χ0) is 31.3. The summed E-state index contributed by atoms with van der Waals surface area (Å²) in [6.07, 6.45) is 3.04. The van der Waals surface area contributed by atoms with Crippen LogP contribution in [-0.4, -0.2) is 39.3 Å². The van der Waals surface area contributed by atoms with Crippen LogP contribution in [0.5, 0.6) is 0 Å². The maximum absolute atomic E-state index is 15.5. The lowest BCUT2D eigenvalue weighted by Crippen LogP contribution is -2.43. The van der Waals surface area contributed by atoms with Crippen molar-refractivity contribution in [2.45, 2.75) is 32.9 Å². The molecular weight excluding hydrogens is 611 g/mol. The molecule has 0 amide bonds. The van der Waals surface area contributed by atoms with Gasteiger partial charge < -0.3 is 19.1 Å². The van der Waals surface area contributed by atoms with E-state index < -0.39 is 33.5 Å². The van der Waals surface area contributed by atoms with Crippen LogP contribution in [-0.2, 0) is 16.8 Å². The fraction of sp³-hybridized carbons (Fsp3) is 0.167. The molecule has 226 valence electrons. The van der Waals surface area contributed by atoms with Crippen LogP contribution in [0.3, 0.4) is 0 Å². The van der Waals surface area contributed by atoms with Gasteiger partial charge in [0.2, 0.25) is 0 Å². The van der Waals surface area contributed by atoms with Gasteiger partial charge in [-0.15, -0.1) is 4.41 Å². The Morgan fingerprint density at radius 2 is 2.02 bits per heavy atom. The van der Waals surface area contributed by atoms with E-state index in [0.717, 1.165) is 5.39 Å². The van der Waals surface area contributed by atoms with E-state index in [1.165, 1.54) is 35.2 Å². The average Bonchev–Trinajstić information content (AvgIpc) is 3.60. The highest BCUT2D eigenvalue weighted by molar-refractivity contribution is 7.87. The zero-order valence-electron chi connectivity index (χ0n) is 23.4. The molecule has 1 atom stereocenters. The third-order valence-corrected chi connectivity index (χ3v) is 9.19. The van der Waals surface area contributed by atoms with E-state index in [9.17, 15) is 18.3 Å². The number of hydrogen-bond acceptors (Lipinski definition) is 7. The molecule has 3 N–H and O–H groups in total. The van der Waals surface area contributed by atoms with Gasteiger partial charge in [0.05, 0.1) is 40.3 Å². The molecule has 4 heterocycles. The summed E-state index contributed by atoms with van der Waals surface area (Å²) in [7, 11) is -4.68. The second kappa shape index (κ2) is 11.2. The molecule has 0 aliphatic heterocycles. The molecule has 11 nitrogen and oxygen atoms in total. The van der Waals surface area contributed by atoms with Crippen LogP contribution >= 0.6 is 11.6 Å². The van der Waals surface area contributed by atoms with Crippen LogP contribution in [0.15, 0.2) is 80.7 Å². The summed E-state index contributed by atoms with van der Waals surface area (Å²) < 4.78 is 52.9. The van der Waals surface area contributed by atoms with Gasteiger partial charge in [0.25, 0.3) is 5.56 Å². The summed E-state index contributed by atoms with van der Waals surface area (Å²) >= 11 is 6.59. The summed E-state index contributed by atoms with van der Waals surface area (Å²) in [5, 5.41) is 15.2. The fourth-order valence-electron chi connectivity index (χ4n) is 5.19. The number of H-pyrrole nitrogens is 1. The molecule has 6 rings (SSSR count). The van der Waals surface area contributed by atoms with Gasteiger partial charge in [0.1, 0.15) is 16.6 Å². The topological polar surface area (TPSA) is 163 Å². The first-order chi connectivity index (χ1) is 21.0. The van der Waals surface area contributed by atoms with Crippen LogP contribution in [0.1, 0.15) is 31.5 Å². The second-order valence-electron chi connectivity index (χ2n) is 10.2. The van der Waals surface area contributed by atoms with Crippen LogP contribution < -0.4 is 16.5 Å². The standard InChI is InChI=1S/C30H26ClFN6O5S/c1-3-16(2)38(33)44(41,42)36-30(40)26-24(20-8-6-11-34-29(20)39)25-23(14-21(32)19-10-12-43-27(19)25)37(26)15-18-13-17-7-4-5-9-22(17)35-28(18)31/h4-14,16H,3,15,33H2,1-2H3,(H,34,39)(H,36,40)/p-1. The predicted molar refractivity (Wildman–Crippen MR) is 165 cm³/mol. The first kappa shape index (κ1) is 29.5. The van der Waals surface area contributed by atoms with Crippen molar-refractivity contribution in [2.75, 3.05) is 0 Å². The number of fused-ring (bicyclic) bond motifs is 4. The maximum Gasteiger partial charge on any atom is 0.334 e. The highest BCUT2D eigenvalue weighted by Gasteiger charge is 2.28. The monoisotopic (exact) mass is 635 g/mol. The Labute approximate surface area is 255 Å². The number of aromatic nitrogens is 3. The lowest BCUT2D eigenvalue weighted by molar-refractivity contribution is -0.212. The first-order valence-electron chi connectivity index (χ1n) is 13.5. The van der Waals surface area contributed by atoms with Crippen molar-refractivity contribution in [3.63, 3.8) is 0 Å². The maximum atomic E-state index is 15.5. The number of nitrogens with one attached hydrogen (secondary N) is 1. The van der Waals surface area contributed by atoms with Gasteiger partial charge in [-0.3, -0.25) is 10.6 Å². The molecule has 2 aromatic carbocycles. The number of pyridine rings is 2. The van der Waals surface area contributed by atoms with Crippen molar-refractivity contribution in [3.8, 4) is 11.1 Å². The number of hydrazine groups is 1. The van der Waals surface area contributed by atoms with Gasteiger partial charge >= 0.3 is 10.2 Å². The molecule has 0 fully saturated rings. The summed E-state index contributed by atoms with van der Waals surface area (Å²) in [6.45, 7) is 3.12. The average molecular weight is 636 g/mol. The quantitative estimate of drug-likeness (QED) is 0.0820. The Balaban J connectivity index is 1.74. The molecule has 14 heteroatoms. The van der Waals surface area contributed by atoms with Crippen LogP contribution in [0.4, 0.5) is 4.39 Å². The molecule has 0 aliphatic rings. The summed E-state index contributed by atoms with van der Waals surface area (Å²) in [5.74, 6) is 3.95. The molecule has 44 heavy (non-hydrogen) atoms. The SMILES string of the molecule is CCC(C)N(N)S(=O)(=O)N=C([O-])c1c(-c2ccc[nH]c2=O)c2c3occc3c(F)cc2n1Cc1cc2ccccc2nc1Cl. The largest absolute Gasteiger partial charge is 0.857 e. The Bertz CT molecular complexity index is 2280. The summed E-state index contributed by atoms with van der Waals surface area (Å²) in [6, 6.07) is 13.9. The fourth-order valence-corrected chi connectivity index (χ4v) is 6.39. The van der Waals surface area contributed by atoms with Gasteiger partial charge in [-0.2, -0.15) is 12.8 Å². The van der Waals surface area contributed by atoms with Gasteiger partial charge in [0, 0.05) is 40.2 Å². The van der Waals surface area contributed by atoms with E-state index in [-0.39, 0.29) is 50.4 Å². The Morgan fingerprint density at radius 3 is 2.77 bits per heavy atom. The van der Waals surface area contributed by atoms with E-state index in [1.54, 1.807) is 32.0 Å². The van der Waals surface area contributed by atoms with E-state index in [2.05, 4.69) is 14.4 Å². The number of nitrogens with zero attached hydrogens (tertiary/aromatic N) is 4. The number of furan rings is 1. The number of nitrogens with two attached hydrogens (primary N) is 1. The third-order valence-electron chi connectivity index (χ3n) is 7.58. The van der Waals surface area contributed by atoms with Crippen LogP contribution in [0.2, 0.25) is 5.15 Å². The normalized spacial score (nSPS) is 13.5. The van der Waals surface area contributed by atoms with Gasteiger partial charge in [-0.05, 0) is 49.7 Å². The van der Waals surface area contributed by atoms with E-state index >= 15 is 4.39 Å². The zero-order valence-corrected chi connectivity index (χ0v) is 25.0. The second-order valence-corrected chi connectivity index (χ2v) is 12.1.